The molecule has 0 fully saturated rings. The van der Waals surface area contributed by atoms with E-state index < -0.39 is 0 Å². The lowest BCUT2D eigenvalue weighted by atomic mass is 10.1. The molecule has 0 atom stereocenters. The number of nitrogens with zero attached hydrogens (tertiary/aromatic N) is 2. The number of benzene rings is 1. The molecule has 19 heavy (non-hydrogen) atoms. The molecule has 0 unspecified atom stereocenters. The van der Waals surface area contributed by atoms with E-state index in [0.717, 1.165) is 11.1 Å². The summed E-state index contributed by atoms with van der Waals surface area (Å²) < 4.78 is 5.14. The largest absolute Gasteiger partial charge is 0.333 e. The van der Waals surface area contributed by atoms with E-state index >= 15 is 0 Å². The van der Waals surface area contributed by atoms with Crippen LogP contribution in [0.2, 0.25) is 0 Å². The van der Waals surface area contributed by atoms with Crippen LogP contribution in [-0.2, 0) is 0 Å². The van der Waals surface area contributed by atoms with Gasteiger partial charge in [0.1, 0.15) is 5.56 Å². The first kappa shape index (κ1) is 11.4. The van der Waals surface area contributed by atoms with Gasteiger partial charge in [0.15, 0.2) is 0 Å². The zero-order valence-electron chi connectivity index (χ0n) is 10.3. The molecule has 0 amide bonds. The first-order valence-corrected chi connectivity index (χ1v) is 5.83. The summed E-state index contributed by atoms with van der Waals surface area (Å²) in [6.45, 7) is 2.01. The van der Waals surface area contributed by atoms with E-state index in [0.29, 0.717) is 11.4 Å². The van der Waals surface area contributed by atoms with Gasteiger partial charge in [0.25, 0.3) is 11.4 Å². The quantitative estimate of drug-likeness (QED) is 0.761. The highest BCUT2D eigenvalue weighted by Crippen LogP contribution is 2.20. The summed E-state index contributed by atoms with van der Waals surface area (Å²) in [5, 5.41) is 3.89. The molecular formula is C14H11N3O2. The van der Waals surface area contributed by atoms with Gasteiger partial charge in [-0.15, -0.1) is 0 Å². The van der Waals surface area contributed by atoms with Crippen LogP contribution in [0.4, 0.5) is 0 Å². The highest BCUT2D eigenvalue weighted by molar-refractivity contribution is 5.59. The van der Waals surface area contributed by atoms with Gasteiger partial charge in [-0.25, -0.2) is 0 Å². The summed E-state index contributed by atoms with van der Waals surface area (Å²) in [6.07, 6.45) is 1.56. The molecule has 2 aromatic heterocycles. The molecule has 0 aliphatic carbocycles. The van der Waals surface area contributed by atoms with Crippen LogP contribution in [0.15, 0.2) is 51.9 Å². The predicted molar refractivity (Wildman–Crippen MR) is 70.5 cm³/mol. The second-order valence-corrected chi connectivity index (χ2v) is 4.20. The van der Waals surface area contributed by atoms with E-state index in [-0.39, 0.29) is 11.4 Å². The minimum Gasteiger partial charge on any atom is -0.333 e. The molecule has 0 saturated carbocycles. The monoisotopic (exact) mass is 253 g/mol. The van der Waals surface area contributed by atoms with Crippen LogP contribution in [-0.4, -0.2) is 15.1 Å². The number of rotatable bonds is 2. The van der Waals surface area contributed by atoms with Crippen molar-refractivity contribution < 1.29 is 4.52 Å². The van der Waals surface area contributed by atoms with Gasteiger partial charge in [-0.1, -0.05) is 35.0 Å². The summed E-state index contributed by atoms with van der Waals surface area (Å²) >= 11 is 0. The Morgan fingerprint density at radius 2 is 1.95 bits per heavy atom. The van der Waals surface area contributed by atoms with Crippen molar-refractivity contribution in [2.75, 3.05) is 0 Å². The molecule has 5 nitrogen and oxygen atoms in total. The lowest BCUT2D eigenvalue weighted by molar-refractivity contribution is 0.432. The van der Waals surface area contributed by atoms with E-state index in [1.165, 1.54) is 0 Å². The number of pyridine rings is 1. The Morgan fingerprint density at radius 1 is 1.16 bits per heavy atom. The molecule has 0 radical (unpaired) electrons. The zero-order chi connectivity index (χ0) is 13.2. The molecule has 3 aromatic rings. The topological polar surface area (TPSA) is 71.8 Å². The van der Waals surface area contributed by atoms with Gasteiger partial charge in [-0.3, -0.25) is 4.79 Å². The fraction of sp³-hybridized carbons (Fsp3) is 0.0714. The van der Waals surface area contributed by atoms with Crippen LogP contribution < -0.4 is 5.56 Å². The number of aromatic amines is 1. The van der Waals surface area contributed by atoms with E-state index in [1.807, 2.05) is 31.2 Å². The van der Waals surface area contributed by atoms with Crippen molar-refractivity contribution in [2.45, 2.75) is 6.92 Å². The third-order valence-corrected chi connectivity index (χ3v) is 2.78. The van der Waals surface area contributed by atoms with E-state index in [1.54, 1.807) is 18.3 Å². The number of hydrogen-bond acceptors (Lipinski definition) is 4. The normalized spacial score (nSPS) is 10.6. The number of aromatic nitrogens is 3. The molecule has 5 heteroatoms. The Kier molecular flexibility index (Phi) is 2.72. The van der Waals surface area contributed by atoms with Gasteiger partial charge in [0.2, 0.25) is 5.82 Å². The molecule has 1 aromatic carbocycles. The van der Waals surface area contributed by atoms with Gasteiger partial charge in [-0.05, 0) is 19.1 Å². The molecule has 94 valence electrons. The van der Waals surface area contributed by atoms with E-state index in [9.17, 15) is 4.79 Å². The van der Waals surface area contributed by atoms with Gasteiger partial charge in [-0.2, -0.15) is 4.98 Å². The number of H-pyrrole nitrogens is 1. The first-order valence-electron chi connectivity index (χ1n) is 5.83. The highest BCUT2D eigenvalue weighted by atomic mass is 16.5. The molecule has 0 aliphatic heterocycles. The van der Waals surface area contributed by atoms with Crippen LogP contribution in [0, 0.1) is 6.92 Å². The second-order valence-electron chi connectivity index (χ2n) is 4.20. The lowest BCUT2D eigenvalue weighted by Crippen LogP contribution is -2.06. The Labute approximate surface area is 108 Å². The second kappa shape index (κ2) is 4.53. The van der Waals surface area contributed by atoms with Crippen LogP contribution in [0.25, 0.3) is 22.8 Å². The van der Waals surface area contributed by atoms with Gasteiger partial charge in [0.05, 0.1) is 0 Å². The molecule has 2 heterocycles. The van der Waals surface area contributed by atoms with Crippen molar-refractivity contribution in [1.29, 1.82) is 0 Å². The van der Waals surface area contributed by atoms with Crippen molar-refractivity contribution in [2.24, 2.45) is 0 Å². The maximum atomic E-state index is 11.6. The Bertz CT molecular complexity index is 757. The number of nitrogens with one attached hydrogen (secondary N) is 1. The number of aryl methyl sites for hydroxylation is 1. The van der Waals surface area contributed by atoms with Crippen molar-refractivity contribution in [3.8, 4) is 22.8 Å². The minimum absolute atomic E-state index is 0.220. The third kappa shape index (κ3) is 2.18. The van der Waals surface area contributed by atoms with Crippen molar-refractivity contribution in [1.82, 2.24) is 15.1 Å². The van der Waals surface area contributed by atoms with Gasteiger partial charge >= 0.3 is 0 Å². The van der Waals surface area contributed by atoms with Crippen molar-refractivity contribution in [3.63, 3.8) is 0 Å². The molecule has 1 N–H and O–H groups in total. The predicted octanol–water partition coefficient (Wildman–Crippen LogP) is 2.40. The average Bonchev–Trinajstić information content (AvgIpc) is 2.89. The lowest BCUT2D eigenvalue weighted by Gasteiger charge is -1.94. The molecule has 0 saturated heterocycles. The van der Waals surface area contributed by atoms with Crippen LogP contribution in [0.1, 0.15) is 5.56 Å². The fourth-order valence-corrected chi connectivity index (χ4v) is 1.74. The SMILES string of the molecule is Cc1ccc(-c2noc(-c3ccc[nH]c3=O)n2)cc1. The summed E-state index contributed by atoms with van der Waals surface area (Å²) in [4.78, 5) is 18.4. The smallest absolute Gasteiger partial charge is 0.263 e. The number of hydrogen-bond donors (Lipinski definition) is 1. The van der Waals surface area contributed by atoms with Gasteiger partial charge < -0.3 is 9.51 Å². The molecule has 0 aliphatic rings. The summed E-state index contributed by atoms with van der Waals surface area (Å²) in [5.41, 5.74) is 2.13. The molecular weight excluding hydrogens is 242 g/mol. The van der Waals surface area contributed by atoms with Crippen LogP contribution in [0.5, 0.6) is 0 Å². The fourth-order valence-electron chi connectivity index (χ4n) is 1.74. The maximum Gasteiger partial charge on any atom is 0.263 e. The minimum atomic E-state index is -0.249. The third-order valence-electron chi connectivity index (χ3n) is 2.78. The van der Waals surface area contributed by atoms with Crippen LogP contribution in [0.3, 0.4) is 0 Å². The summed E-state index contributed by atoms with van der Waals surface area (Å²) in [6, 6.07) is 11.1. The summed E-state index contributed by atoms with van der Waals surface area (Å²) in [5.74, 6) is 0.690. The molecule has 3 rings (SSSR count). The highest BCUT2D eigenvalue weighted by Gasteiger charge is 2.12. The van der Waals surface area contributed by atoms with E-state index in [2.05, 4.69) is 15.1 Å². The maximum absolute atomic E-state index is 11.6. The van der Waals surface area contributed by atoms with Crippen molar-refractivity contribution in [3.05, 3.63) is 58.5 Å². The zero-order valence-corrected chi connectivity index (χ0v) is 10.3. The van der Waals surface area contributed by atoms with E-state index in [4.69, 9.17) is 4.52 Å². The van der Waals surface area contributed by atoms with Gasteiger partial charge in [0, 0.05) is 11.8 Å². The average molecular weight is 253 g/mol. The summed E-state index contributed by atoms with van der Waals surface area (Å²) in [7, 11) is 0. The Hall–Kier alpha value is -2.69. The Morgan fingerprint density at radius 3 is 2.68 bits per heavy atom. The standard InChI is InChI=1S/C14H11N3O2/c1-9-4-6-10(7-5-9)12-16-14(19-17-12)11-3-2-8-15-13(11)18/h2-8H,1H3,(H,15,18). The molecule has 0 bridgehead atoms. The van der Waals surface area contributed by atoms with Crippen LogP contribution >= 0.6 is 0 Å². The van der Waals surface area contributed by atoms with Crippen molar-refractivity contribution >= 4 is 0 Å². The Balaban J connectivity index is 2.02. The molecule has 0 spiro atoms. The first-order chi connectivity index (χ1) is 9.24.